The zero-order valence-corrected chi connectivity index (χ0v) is 12.2. The largest absolute Gasteiger partial charge is 0.306 e. The molecule has 0 aliphatic carbocycles. The fraction of sp³-hybridized carbons (Fsp3) is 0.375. The zero-order valence-electron chi connectivity index (χ0n) is 11.4. The average Bonchev–Trinajstić information content (AvgIpc) is 2.82. The molecule has 1 heterocycles. The molecule has 96 valence electrons. The summed E-state index contributed by atoms with van der Waals surface area (Å²) in [6.07, 6.45) is 1.10. The molecule has 1 unspecified atom stereocenters. The Morgan fingerprint density at radius 2 is 1.83 bits per heavy atom. The van der Waals surface area contributed by atoms with Crippen molar-refractivity contribution in [3.05, 3.63) is 57.3 Å². The molecule has 1 nitrogen and oxygen atoms in total. The molecular weight excluding hydrogens is 238 g/mol. The number of thiophene rings is 1. The maximum Gasteiger partial charge on any atom is 0.0587 e. The van der Waals surface area contributed by atoms with Gasteiger partial charge in [0, 0.05) is 0 Å². The minimum atomic E-state index is 0.326. The van der Waals surface area contributed by atoms with Crippen molar-refractivity contribution in [2.75, 3.05) is 6.54 Å². The molecule has 0 radical (unpaired) electrons. The fourth-order valence-electron chi connectivity index (χ4n) is 2.22. The van der Waals surface area contributed by atoms with Crippen LogP contribution in [0.3, 0.4) is 0 Å². The van der Waals surface area contributed by atoms with Crippen LogP contribution < -0.4 is 5.32 Å². The van der Waals surface area contributed by atoms with Gasteiger partial charge in [0.05, 0.1) is 6.04 Å². The summed E-state index contributed by atoms with van der Waals surface area (Å²) in [5.74, 6) is 0. The van der Waals surface area contributed by atoms with Gasteiger partial charge in [-0.1, -0.05) is 38.1 Å². The summed E-state index contributed by atoms with van der Waals surface area (Å²) >= 11 is 1.78. The smallest absolute Gasteiger partial charge is 0.0587 e. The van der Waals surface area contributed by atoms with Crippen LogP contribution in [0.25, 0.3) is 0 Å². The highest BCUT2D eigenvalue weighted by molar-refractivity contribution is 7.08. The topological polar surface area (TPSA) is 12.0 Å². The average molecular weight is 259 g/mol. The maximum atomic E-state index is 3.59. The molecule has 0 spiro atoms. The van der Waals surface area contributed by atoms with Crippen molar-refractivity contribution in [2.45, 2.75) is 33.2 Å². The summed E-state index contributed by atoms with van der Waals surface area (Å²) < 4.78 is 0. The van der Waals surface area contributed by atoms with Gasteiger partial charge in [-0.2, -0.15) is 11.3 Å². The third kappa shape index (κ3) is 2.82. The minimum absolute atomic E-state index is 0.326. The molecule has 0 saturated carbocycles. The highest BCUT2D eigenvalue weighted by Crippen LogP contribution is 2.27. The second-order valence-electron chi connectivity index (χ2n) is 4.60. The Bertz CT molecular complexity index is 484. The van der Waals surface area contributed by atoms with E-state index in [2.05, 4.69) is 61.1 Å². The van der Waals surface area contributed by atoms with E-state index >= 15 is 0 Å². The van der Waals surface area contributed by atoms with Crippen LogP contribution in [0.2, 0.25) is 0 Å². The summed E-state index contributed by atoms with van der Waals surface area (Å²) in [7, 11) is 0. The molecule has 0 aliphatic rings. The Morgan fingerprint density at radius 1 is 1.11 bits per heavy atom. The number of benzene rings is 1. The van der Waals surface area contributed by atoms with E-state index < -0.39 is 0 Å². The van der Waals surface area contributed by atoms with E-state index in [9.17, 15) is 0 Å². The molecule has 2 rings (SSSR count). The SMILES string of the molecule is CCNC(c1ccc(CC)cc1)c1cscc1C. The molecule has 0 bridgehead atoms. The van der Waals surface area contributed by atoms with Crippen LogP contribution in [0, 0.1) is 6.92 Å². The third-order valence-electron chi connectivity index (χ3n) is 3.34. The van der Waals surface area contributed by atoms with Crippen LogP contribution in [0.4, 0.5) is 0 Å². The van der Waals surface area contributed by atoms with Crippen LogP contribution in [-0.4, -0.2) is 6.54 Å². The lowest BCUT2D eigenvalue weighted by molar-refractivity contribution is 0.629. The van der Waals surface area contributed by atoms with Gasteiger partial charge < -0.3 is 5.32 Å². The molecular formula is C16H21NS. The van der Waals surface area contributed by atoms with Gasteiger partial charge in [-0.25, -0.2) is 0 Å². The van der Waals surface area contributed by atoms with Gasteiger partial charge >= 0.3 is 0 Å². The predicted octanol–water partition coefficient (Wildman–Crippen LogP) is 4.32. The van der Waals surface area contributed by atoms with Crippen molar-refractivity contribution in [3.63, 3.8) is 0 Å². The van der Waals surface area contributed by atoms with Crippen molar-refractivity contribution in [2.24, 2.45) is 0 Å². The number of aryl methyl sites for hydroxylation is 2. The van der Waals surface area contributed by atoms with Gasteiger partial charge in [0.2, 0.25) is 0 Å². The van der Waals surface area contributed by atoms with Crippen LogP contribution in [0.5, 0.6) is 0 Å². The van der Waals surface area contributed by atoms with Crippen LogP contribution in [-0.2, 0) is 6.42 Å². The quantitative estimate of drug-likeness (QED) is 0.843. The highest BCUT2D eigenvalue weighted by Gasteiger charge is 2.15. The number of nitrogens with one attached hydrogen (secondary N) is 1. The second kappa shape index (κ2) is 6.17. The minimum Gasteiger partial charge on any atom is -0.306 e. The van der Waals surface area contributed by atoms with Crippen molar-refractivity contribution < 1.29 is 0 Å². The summed E-state index contributed by atoms with van der Waals surface area (Å²) in [6, 6.07) is 9.31. The Hall–Kier alpha value is -1.12. The summed E-state index contributed by atoms with van der Waals surface area (Å²) in [5.41, 5.74) is 5.54. The van der Waals surface area contributed by atoms with Crippen LogP contribution in [0.15, 0.2) is 35.0 Å². The van der Waals surface area contributed by atoms with Crippen LogP contribution in [0.1, 0.15) is 42.1 Å². The Labute approximate surface area is 114 Å². The highest BCUT2D eigenvalue weighted by atomic mass is 32.1. The monoisotopic (exact) mass is 259 g/mol. The third-order valence-corrected chi connectivity index (χ3v) is 4.22. The van der Waals surface area contributed by atoms with E-state index in [-0.39, 0.29) is 0 Å². The van der Waals surface area contributed by atoms with E-state index in [1.165, 1.54) is 22.3 Å². The lowest BCUT2D eigenvalue weighted by atomic mass is 9.97. The molecule has 2 heteroatoms. The van der Waals surface area contributed by atoms with Gasteiger partial charge in [-0.05, 0) is 52.9 Å². The Balaban J connectivity index is 2.32. The second-order valence-corrected chi connectivity index (χ2v) is 5.34. The van der Waals surface area contributed by atoms with Crippen molar-refractivity contribution in [3.8, 4) is 0 Å². The first-order valence-electron chi connectivity index (χ1n) is 6.61. The maximum absolute atomic E-state index is 3.59. The van der Waals surface area contributed by atoms with E-state index in [0.717, 1.165) is 13.0 Å². The van der Waals surface area contributed by atoms with Gasteiger partial charge in [0.25, 0.3) is 0 Å². The number of rotatable bonds is 5. The zero-order chi connectivity index (χ0) is 13.0. The fourth-order valence-corrected chi connectivity index (χ4v) is 3.10. The predicted molar refractivity (Wildman–Crippen MR) is 80.4 cm³/mol. The molecule has 0 aliphatic heterocycles. The molecule has 0 fully saturated rings. The lowest BCUT2D eigenvalue weighted by Crippen LogP contribution is -2.22. The standard InChI is InChI=1S/C16H21NS/c1-4-13-6-8-14(9-7-13)16(17-5-2)15-11-18-10-12(15)3/h6-11,16-17H,4-5H2,1-3H3. The van der Waals surface area contributed by atoms with E-state index in [1.54, 1.807) is 11.3 Å². The summed E-state index contributed by atoms with van der Waals surface area (Å²) in [5, 5.41) is 8.07. The number of hydrogen-bond donors (Lipinski definition) is 1. The summed E-state index contributed by atoms with van der Waals surface area (Å²) in [4.78, 5) is 0. The summed E-state index contributed by atoms with van der Waals surface area (Å²) in [6.45, 7) is 7.53. The molecule has 2 aromatic rings. The first-order chi connectivity index (χ1) is 8.76. The molecule has 1 atom stereocenters. The molecule has 1 aromatic heterocycles. The number of hydrogen-bond acceptors (Lipinski definition) is 2. The van der Waals surface area contributed by atoms with Crippen molar-refractivity contribution >= 4 is 11.3 Å². The van der Waals surface area contributed by atoms with Crippen LogP contribution >= 0.6 is 11.3 Å². The molecule has 18 heavy (non-hydrogen) atoms. The van der Waals surface area contributed by atoms with E-state index in [1.807, 2.05) is 0 Å². The normalized spacial score (nSPS) is 12.6. The lowest BCUT2D eigenvalue weighted by Gasteiger charge is -2.19. The first-order valence-corrected chi connectivity index (χ1v) is 7.55. The van der Waals surface area contributed by atoms with E-state index in [4.69, 9.17) is 0 Å². The van der Waals surface area contributed by atoms with Gasteiger partial charge in [-0.15, -0.1) is 0 Å². The van der Waals surface area contributed by atoms with E-state index in [0.29, 0.717) is 6.04 Å². The van der Waals surface area contributed by atoms with Gasteiger partial charge in [0.1, 0.15) is 0 Å². The van der Waals surface area contributed by atoms with Crippen molar-refractivity contribution in [1.82, 2.24) is 5.32 Å². The molecule has 0 amide bonds. The van der Waals surface area contributed by atoms with Gasteiger partial charge in [-0.3, -0.25) is 0 Å². The molecule has 1 aromatic carbocycles. The molecule has 1 N–H and O–H groups in total. The first kappa shape index (κ1) is 13.3. The van der Waals surface area contributed by atoms with Crippen molar-refractivity contribution in [1.29, 1.82) is 0 Å². The van der Waals surface area contributed by atoms with Gasteiger partial charge in [0.15, 0.2) is 0 Å². The Kier molecular flexibility index (Phi) is 4.56. The Morgan fingerprint density at radius 3 is 2.33 bits per heavy atom. The molecule has 0 saturated heterocycles.